The lowest BCUT2D eigenvalue weighted by atomic mass is 10.1. The Labute approximate surface area is 119 Å². The topological polar surface area (TPSA) is 119 Å². The maximum atomic E-state index is 11.6. The lowest BCUT2D eigenvalue weighted by Gasteiger charge is -2.11. The number of methoxy groups -OCH3 is 1. The van der Waals surface area contributed by atoms with Gasteiger partial charge in [0.2, 0.25) is 5.91 Å². The van der Waals surface area contributed by atoms with Crippen LogP contribution in [0.25, 0.3) is 0 Å². The number of hydrogen-bond acceptors (Lipinski definition) is 5. The maximum Gasteiger partial charge on any atom is 0.339 e. The van der Waals surface area contributed by atoms with E-state index in [-0.39, 0.29) is 16.3 Å². The first kappa shape index (κ1) is 15.9. The quantitative estimate of drug-likeness (QED) is 0.694. The molecule has 0 aliphatic heterocycles. The highest BCUT2D eigenvalue weighted by Gasteiger charge is 2.18. The number of carbonyl (C=O) groups is 3. The third kappa shape index (κ3) is 4.22. The summed E-state index contributed by atoms with van der Waals surface area (Å²) in [5.41, 5.74) is 5.76. The third-order valence-corrected chi connectivity index (χ3v) is 2.70. The van der Waals surface area contributed by atoms with E-state index >= 15 is 0 Å². The van der Waals surface area contributed by atoms with Crippen molar-refractivity contribution in [3.63, 3.8) is 0 Å². The summed E-state index contributed by atoms with van der Waals surface area (Å²) in [6.45, 7) is 0. The Bertz CT molecular complexity index is 547. The van der Waals surface area contributed by atoms with Gasteiger partial charge in [-0.2, -0.15) is 0 Å². The van der Waals surface area contributed by atoms with Gasteiger partial charge in [-0.05, 0) is 18.2 Å². The van der Waals surface area contributed by atoms with Gasteiger partial charge in [0.25, 0.3) is 0 Å². The highest BCUT2D eigenvalue weighted by Crippen LogP contribution is 2.21. The second-order valence-corrected chi connectivity index (χ2v) is 4.29. The molecule has 0 aromatic heterocycles. The fourth-order valence-electron chi connectivity index (χ4n) is 1.39. The van der Waals surface area contributed by atoms with Crippen LogP contribution >= 0.6 is 11.6 Å². The van der Waals surface area contributed by atoms with Gasteiger partial charge in [-0.1, -0.05) is 11.6 Å². The van der Waals surface area contributed by atoms with Crippen LogP contribution in [0.2, 0.25) is 5.02 Å². The van der Waals surface area contributed by atoms with Gasteiger partial charge in [-0.25, -0.2) is 4.79 Å². The van der Waals surface area contributed by atoms with Crippen LogP contribution in [-0.2, 0) is 14.3 Å². The zero-order valence-corrected chi connectivity index (χ0v) is 11.3. The number of carboxylic acids is 1. The molecule has 20 heavy (non-hydrogen) atoms. The summed E-state index contributed by atoms with van der Waals surface area (Å²) in [4.78, 5) is 33.5. The molecule has 1 rings (SSSR count). The van der Waals surface area contributed by atoms with Crippen LogP contribution in [0.4, 0.5) is 5.69 Å². The number of carboxylic acid groups (broad SMARTS) is 1. The molecule has 1 aromatic carbocycles. The summed E-state index contributed by atoms with van der Waals surface area (Å²) < 4.78 is 4.54. The van der Waals surface area contributed by atoms with Gasteiger partial charge < -0.3 is 20.9 Å². The lowest BCUT2D eigenvalue weighted by molar-refractivity contribution is -0.138. The molecule has 0 bridgehead atoms. The molecule has 0 saturated heterocycles. The Morgan fingerprint density at radius 1 is 1.45 bits per heavy atom. The molecule has 0 aliphatic carbocycles. The molecule has 1 amide bonds. The molecule has 4 N–H and O–H groups in total. The summed E-state index contributed by atoms with van der Waals surface area (Å²) in [6.07, 6.45) is -0.497. The molecule has 1 unspecified atom stereocenters. The number of esters is 1. The summed E-state index contributed by atoms with van der Waals surface area (Å²) in [6, 6.07) is 3.00. The fourth-order valence-corrected chi connectivity index (χ4v) is 1.58. The van der Waals surface area contributed by atoms with Crippen molar-refractivity contribution >= 4 is 35.1 Å². The monoisotopic (exact) mass is 300 g/mol. The normalized spacial score (nSPS) is 11.6. The van der Waals surface area contributed by atoms with E-state index in [1.807, 2.05) is 0 Å². The van der Waals surface area contributed by atoms with Gasteiger partial charge in [0.05, 0.1) is 30.2 Å². The van der Waals surface area contributed by atoms with Crippen molar-refractivity contribution in [3.8, 4) is 0 Å². The van der Waals surface area contributed by atoms with Crippen molar-refractivity contribution in [2.24, 2.45) is 5.73 Å². The predicted molar refractivity (Wildman–Crippen MR) is 71.6 cm³/mol. The van der Waals surface area contributed by atoms with Gasteiger partial charge in [-0.15, -0.1) is 0 Å². The molecule has 7 nitrogen and oxygen atoms in total. The first-order valence-electron chi connectivity index (χ1n) is 5.51. The molecular formula is C12H13ClN2O5. The molecule has 108 valence electrons. The van der Waals surface area contributed by atoms with Gasteiger partial charge in [-0.3, -0.25) is 9.59 Å². The van der Waals surface area contributed by atoms with E-state index in [1.54, 1.807) is 0 Å². The Hall–Kier alpha value is -2.12. The average molecular weight is 301 g/mol. The second kappa shape index (κ2) is 6.88. The molecule has 1 aromatic rings. The van der Waals surface area contributed by atoms with Gasteiger partial charge in [0, 0.05) is 5.69 Å². The Kier molecular flexibility index (Phi) is 5.48. The first-order chi connectivity index (χ1) is 9.35. The van der Waals surface area contributed by atoms with Crippen molar-refractivity contribution in [3.05, 3.63) is 28.8 Å². The van der Waals surface area contributed by atoms with E-state index in [9.17, 15) is 14.4 Å². The van der Waals surface area contributed by atoms with Crippen molar-refractivity contribution in [1.82, 2.24) is 0 Å². The number of nitrogens with one attached hydrogen (secondary N) is 1. The van der Waals surface area contributed by atoms with Crippen LogP contribution in [0.1, 0.15) is 16.8 Å². The first-order valence-corrected chi connectivity index (χ1v) is 5.89. The Morgan fingerprint density at radius 3 is 2.65 bits per heavy atom. The number of amides is 1. The minimum atomic E-state index is -1.19. The highest BCUT2D eigenvalue weighted by atomic mass is 35.5. The van der Waals surface area contributed by atoms with Gasteiger partial charge in [0.1, 0.15) is 0 Å². The van der Waals surface area contributed by atoms with E-state index in [4.69, 9.17) is 22.4 Å². The largest absolute Gasteiger partial charge is 0.481 e. The molecule has 8 heteroatoms. The molecule has 0 spiro atoms. The third-order valence-electron chi connectivity index (χ3n) is 2.37. The number of benzene rings is 1. The van der Waals surface area contributed by atoms with Crippen LogP contribution in [0.15, 0.2) is 18.2 Å². The van der Waals surface area contributed by atoms with E-state index in [0.717, 1.165) is 0 Å². The molecular weight excluding hydrogens is 288 g/mol. The number of halogens is 1. The van der Waals surface area contributed by atoms with Crippen LogP contribution in [0.5, 0.6) is 0 Å². The number of carbonyl (C=O) groups excluding carboxylic acids is 2. The van der Waals surface area contributed by atoms with E-state index in [2.05, 4.69) is 10.1 Å². The Morgan fingerprint density at radius 2 is 2.10 bits per heavy atom. The standard InChI is InChI=1S/C12H13ClN2O5/c1-20-12(19)7-4-6(2-3-8(7)13)15-11(18)9(14)5-10(16)17/h2-4,9H,5,14H2,1H3,(H,15,18)(H,16,17). The predicted octanol–water partition coefficient (Wildman–Crippen LogP) is 0.867. The molecule has 0 saturated carbocycles. The summed E-state index contributed by atoms with van der Waals surface area (Å²) >= 11 is 5.82. The average Bonchev–Trinajstić information content (AvgIpc) is 2.39. The van der Waals surface area contributed by atoms with Crippen molar-refractivity contribution in [2.75, 3.05) is 12.4 Å². The maximum absolute atomic E-state index is 11.6. The summed E-state index contributed by atoms with van der Waals surface area (Å²) in [5, 5.41) is 11.1. The SMILES string of the molecule is COC(=O)c1cc(NC(=O)C(N)CC(=O)O)ccc1Cl. The molecule has 0 fully saturated rings. The van der Waals surface area contributed by atoms with Crippen molar-refractivity contribution in [2.45, 2.75) is 12.5 Å². The molecule has 0 heterocycles. The van der Waals surface area contributed by atoms with E-state index in [0.29, 0.717) is 0 Å². The van der Waals surface area contributed by atoms with Crippen LogP contribution in [0.3, 0.4) is 0 Å². The minimum Gasteiger partial charge on any atom is -0.481 e. The van der Waals surface area contributed by atoms with Gasteiger partial charge in [0.15, 0.2) is 0 Å². The van der Waals surface area contributed by atoms with Crippen LogP contribution in [0, 0.1) is 0 Å². The summed E-state index contributed by atoms with van der Waals surface area (Å²) in [5.74, 6) is -2.51. The van der Waals surface area contributed by atoms with Crippen LogP contribution < -0.4 is 11.1 Å². The number of anilines is 1. The fraction of sp³-hybridized carbons (Fsp3) is 0.250. The van der Waals surface area contributed by atoms with E-state index in [1.165, 1.54) is 25.3 Å². The number of aliphatic carboxylic acids is 1. The number of rotatable bonds is 5. The lowest BCUT2D eigenvalue weighted by Crippen LogP contribution is -2.37. The number of nitrogens with two attached hydrogens (primary N) is 1. The second-order valence-electron chi connectivity index (χ2n) is 3.88. The number of hydrogen-bond donors (Lipinski definition) is 3. The van der Waals surface area contributed by atoms with Crippen LogP contribution in [-0.4, -0.2) is 36.1 Å². The minimum absolute atomic E-state index is 0.0822. The summed E-state index contributed by atoms with van der Waals surface area (Å²) in [7, 11) is 1.20. The molecule has 0 aliphatic rings. The number of ether oxygens (including phenoxy) is 1. The smallest absolute Gasteiger partial charge is 0.339 e. The van der Waals surface area contributed by atoms with E-state index < -0.39 is 30.3 Å². The van der Waals surface area contributed by atoms with Crippen molar-refractivity contribution in [1.29, 1.82) is 0 Å². The van der Waals surface area contributed by atoms with Gasteiger partial charge >= 0.3 is 11.9 Å². The van der Waals surface area contributed by atoms with Crippen molar-refractivity contribution < 1.29 is 24.2 Å². The zero-order chi connectivity index (χ0) is 15.3. The molecule has 0 radical (unpaired) electrons. The highest BCUT2D eigenvalue weighted by molar-refractivity contribution is 6.33. The Balaban J connectivity index is 2.85. The molecule has 1 atom stereocenters. The zero-order valence-electron chi connectivity index (χ0n) is 10.6.